The summed E-state index contributed by atoms with van der Waals surface area (Å²) in [5.41, 5.74) is 1.35. The highest BCUT2D eigenvalue weighted by molar-refractivity contribution is 7.91. The number of phenols is 2. The van der Waals surface area contributed by atoms with Crippen molar-refractivity contribution in [1.29, 1.82) is 0 Å². The van der Waals surface area contributed by atoms with E-state index in [9.17, 15) is 28.5 Å². The Morgan fingerprint density at radius 1 is 1.12 bits per heavy atom. The van der Waals surface area contributed by atoms with Gasteiger partial charge in [-0.25, -0.2) is 9.03 Å². The van der Waals surface area contributed by atoms with Crippen molar-refractivity contribution >= 4 is 21.8 Å². The number of aliphatic hydroxyl groups excluding tert-OH is 1. The predicted octanol–water partition coefficient (Wildman–Crippen LogP) is 2.33. The molecule has 0 spiro atoms. The average molecular weight is 478 g/mol. The minimum atomic E-state index is -3.99. The summed E-state index contributed by atoms with van der Waals surface area (Å²) in [7, 11) is -3.99. The van der Waals surface area contributed by atoms with Gasteiger partial charge in [0, 0.05) is 18.5 Å². The molecule has 0 fully saturated rings. The summed E-state index contributed by atoms with van der Waals surface area (Å²) < 4.78 is 32.1. The molecule has 11 heteroatoms. The molecule has 1 heterocycles. The van der Waals surface area contributed by atoms with Crippen LogP contribution >= 0.6 is 0 Å². The zero-order valence-corrected chi connectivity index (χ0v) is 18.9. The summed E-state index contributed by atoms with van der Waals surface area (Å²) >= 11 is 0. The van der Waals surface area contributed by atoms with Gasteiger partial charge in [0.1, 0.15) is 22.9 Å². The Bertz CT molecular complexity index is 1150. The van der Waals surface area contributed by atoms with Gasteiger partial charge in [0.25, 0.3) is 0 Å². The topological polar surface area (TPSA) is 148 Å². The summed E-state index contributed by atoms with van der Waals surface area (Å²) in [6, 6.07) is 9.53. The third kappa shape index (κ3) is 6.22. The van der Waals surface area contributed by atoms with Crippen LogP contribution in [-0.2, 0) is 21.4 Å². The van der Waals surface area contributed by atoms with Gasteiger partial charge in [-0.2, -0.15) is 8.42 Å². The van der Waals surface area contributed by atoms with Crippen molar-refractivity contribution in [2.24, 2.45) is 0 Å². The fraction of sp³-hybridized carbons (Fsp3) is 0.318. The summed E-state index contributed by atoms with van der Waals surface area (Å²) in [5, 5.41) is 32.1. The van der Waals surface area contributed by atoms with Crippen molar-refractivity contribution in [3.8, 4) is 17.2 Å². The first kappa shape index (κ1) is 24.1. The highest BCUT2D eigenvalue weighted by Crippen LogP contribution is 2.32. The lowest BCUT2D eigenvalue weighted by Crippen LogP contribution is -2.29. The molecule has 0 aliphatic carbocycles. The quantitative estimate of drug-likeness (QED) is 0.330. The Balaban J connectivity index is 1.38. The van der Waals surface area contributed by atoms with E-state index in [4.69, 9.17) is 4.74 Å². The number of hydrogen-bond donors (Lipinski definition) is 5. The number of anilines is 1. The number of rotatable bonds is 10. The van der Waals surface area contributed by atoms with Crippen LogP contribution in [0.5, 0.6) is 17.2 Å². The third-order valence-electron chi connectivity index (χ3n) is 5.06. The second-order valence-electron chi connectivity index (χ2n) is 7.55. The highest BCUT2D eigenvalue weighted by Gasteiger charge is 2.30. The Hall–Kier alpha value is -3.60. The van der Waals surface area contributed by atoms with Crippen LogP contribution in [0.2, 0.25) is 0 Å². The molecule has 2 aromatic rings. The molecule has 0 atom stereocenters. The lowest BCUT2D eigenvalue weighted by Gasteiger charge is -2.16. The van der Waals surface area contributed by atoms with Crippen molar-refractivity contribution in [2.45, 2.75) is 32.6 Å². The number of ether oxygens (including phenoxy) is 1. The lowest BCUT2D eigenvalue weighted by molar-refractivity contribution is -0.121. The Labute approximate surface area is 192 Å². The molecule has 0 unspecified atom stereocenters. The number of hydrogen-bond acceptors (Lipinski definition) is 7. The van der Waals surface area contributed by atoms with E-state index in [0.717, 1.165) is 23.3 Å². The van der Waals surface area contributed by atoms with Crippen molar-refractivity contribution < 1.29 is 33.3 Å². The first-order valence-corrected chi connectivity index (χ1v) is 11.8. The largest absolute Gasteiger partial charge is 0.508 e. The van der Waals surface area contributed by atoms with Gasteiger partial charge in [0.15, 0.2) is 0 Å². The first-order valence-electron chi connectivity index (χ1n) is 10.4. The number of unbranched alkanes of at least 4 members (excludes halogenated alkanes) is 1. The molecule has 0 aromatic heterocycles. The number of carbonyl (C=O) groups excluding carboxylic acids is 1. The molecule has 0 saturated heterocycles. The van der Waals surface area contributed by atoms with Gasteiger partial charge in [0.05, 0.1) is 12.8 Å². The SMILES string of the molecule is Cc1c(O)cccc1OCCCCNC(=O)CCc1ccc(N2C=C(O)NS2(=O)=O)c(O)c1. The Morgan fingerprint density at radius 2 is 1.91 bits per heavy atom. The molecular formula is C22H27N3O7S. The summed E-state index contributed by atoms with van der Waals surface area (Å²) in [5.74, 6) is -0.137. The van der Waals surface area contributed by atoms with Crippen LogP contribution in [0.3, 0.4) is 0 Å². The number of benzene rings is 2. The fourth-order valence-corrected chi connectivity index (χ4v) is 4.31. The zero-order valence-electron chi connectivity index (χ0n) is 18.1. The zero-order chi connectivity index (χ0) is 24.0. The van der Waals surface area contributed by atoms with Gasteiger partial charge in [0.2, 0.25) is 11.8 Å². The van der Waals surface area contributed by atoms with Crippen LogP contribution in [0.25, 0.3) is 0 Å². The van der Waals surface area contributed by atoms with E-state index < -0.39 is 16.1 Å². The van der Waals surface area contributed by atoms with Crippen molar-refractivity contribution in [2.75, 3.05) is 17.5 Å². The van der Waals surface area contributed by atoms with Gasteiger partial charge in [-0.15, -0.1) is 0 Å². The van der Waals surface area contributed by atoms with Crippen LogP contribution < -0.4 is 19.1 Å². The second kappa shape index (κ2) is 10.3. The van der Waals surface area contributed by atoms with Gasteiger partial charge in [-0.05, 0) is 56.0 Å². The van der Waals surface area contributed by atoms with E-state index in [1.54, 1.807) is 31.2 Å². The van der Waals surface area contributed by atoms with Gasteiger partial charge < -0.3 is 25.4 Å². The van der Waals surface area contributed by atoms with E-state index in [0.29, 0.717) is 36.4 Å². The maximum atomic E-state index is 12.1. The summed E-state index contributed by atoms with van der Waals surface area (Å²) in [6.07, 6.45) is 3.00. The first-order chi connectivity index (χ1) is 15.7. The summed E-state index contributed by atoms with van der Waals surface area (Å²) in [4.78, 5) is 12.1. The number of aryl methyl sites for hydroxylation is 1. The van der Waals surface area contributed by atoms with E-state index in [1.807, 2.05) is 4.72 Å². The van der Waals surface area contributed by atoms with E-state index >= 15 is 0 Å². The van der Waals surface area contributed by atoms with Crippen LogP contribution in [0, 0.1) is 6.92 Å². The molecular weight excluding hydrogens is 450 g/mol. The highest BCUT2D eigenvalue weighted by atomic mass is 32.2. The molecule has 1 aliphatic rings. The van der Waals surface area contributed by atoms with E-state index in [2.05, 4.69) is 5.32 Å². The van der Waals surface area contributed by atoms with Gasteiger partial charge >= 0.3 is 10.2 Å². The smallest absolute Gasteiger partial charge is 0.330 e. The predicted molar refractivity (Wildman–Crippen MR) is 122 cm³/mol. The number of aliphatic hydroxyl groups is 1. The van der Waals surface area contributed by atoms with E-state index in [-0.39, 0.29) is 29.5 Å². The Kier molecular flexibility index (Phi) is 7.54. The van der Waals surface area contributed by atoms with Gasteiger partial charge in [-0.1, -0.05) is 12.1 Å². The molecule has 1 amide bonds. The standard InChI is InChI=1S/C22H27N3O7S/c1-15-18(26)5-4-6-20(15)32-12-3-2-11-23-21(28)10-8-16-7-9-17(19(27)13-16)25-14-22(29)24-33(25,30)31/h4-7,9,13-14,24,26-27,29H,2-3,8,10-12H2,1H3,(H,23,28). The molecule has 33 heavy (non-hydrogen) atoms. The number of nitrogens with one attached hydrogen (secondary N) is 2. The van der Waals surface area contributed by atoms with Gasteiger partial charge in [-0.3, -0.25) is 4.79 Å². The maximum absolute atomic E-state index is 12.1. The van der Waals surface area contributed by atoms with Crippen LogP contribution in [0.4, 0.5) is 5.69 Å². The summed E-state index contributed by atoms with van der Waals surface area (Å²) in [6.45, 7) is 2.76. The number of nitrogens with zero attached hydrogens (tertiary/aromatic N) is 1. The molecule has 0 radical (unpaired) electrons. The number of carbonyl (C=O) groups is 1. The maximum Gasteiger partial charge on any atom is 0.330 e. The Morgan fingerprint density at radius 3 is 2.61 bits per heavy atom. The molecule has 1 aliphatic heterocycles. The molecule has 0 bridgehead atoms. The van der Waals surface area contributed by atoms with Crippen molar-refractivity contribution in [1.82, 2.24) is 10.0 Å². The van der Waals surface area contributed by atoms with Crippen LogP contribution in [-0.4, -0.2) is 42.8 Å². The molecule has 10 nitrogen and oxygen atoms in total. The number of phenolic OH excluding ortho intramolecular Hbond substituents is 2. The monoisotopic (exact) mass is 477 g/mol. The van der Waals surface area contributed by atoms with Crippen LogP contribution in [0.1, 0.15) is 30.4 Å². The van der Waals surface area contributed by atoms with Crippen molar-refractivity contribution in [3.05, 3.63) is 59.6 Å². The van der Waals surface area contributed by atoms with E-state index in [1.165, 1.54) is 12.1 Å². The normalized spacial score (nSPS) is 14.5. The number of aromatic hydroxyl groups is 2. The molecule has 178 valence electrons. The van der Waals surface area contributed by atoms with Crippen LogP contribution in [0.15, 0.2) is 48.5 Å². The molecule has 5 N–H and O–H groups in total. The number of amides is 1. The third-order valence-corrected chi connectivity index (χ3v) is 6.34. The minimum absolute atomic E-state index is 0.0112. The average Bonchev–Trinajstić information content (AvgIpc) is 3.03. The lowest BCUT2D eigenvalue weighted by atomic mass is 10.1. The molecule has 3 rings (SSSR count). The molecule has 2 aromatic carbocycles. The van der Waals surface area contributed by atoms with Crippen molar-refractivity contribution in [3.63, 3.8) is 0 Å². The fourth-order valence-electron chi connectivity index (χ4n) is 3.24. The second-order valence-corrected chi connectivity index (χ2v) is 9.09. The molecule has 0 saturated carbocycles. The minimum Gasteiger partial charge on any atom is -0.508 e.